The van der Waals surface area contributed by atoms with E-state index < -0.39 is 0 Å². The van der Waals surface area contributed by atoms with Crippen molar-refractivity contribution in [2.24, 2.45) is 0 Å². The van der Waals surface area contributed by atoms with Crippen molar-refractivity contribution in [3.05, 3.63) is 35.4 Å². The molecule has 0 bridgehead atoms. The van der Waals surface area contributed by atoms with Crippen LogP contribution < -0.4 is 0 Å². The van der Waals surface area contributed by atoms with Gasteiger partial charge in [-0.3, -0.25) is 4.79 Å². The molecule has 0 aliphatic rings. The van der Waals surface area contributed by atoms with E-state index in [-0.39, 0.29) is 11.7 Å². The summed E-state index contributed by atoms with van der Waals surface area (Å²) in [5.41, 5.74) is 1.88. The maximum atomic E-state index is 10.5. The van der Waals surface area contributed by atoms with Crippen LogP contribution >= 0.6 is 23.8 Å². The average Bonchev–Trinajstić information content (AvgIpc) is 2.05. The fourth-order valence-electron chi connectivity index (χ4n) is 0.875. The van der Waals surface area contributed by atoms with Crippen LogP contribution in [0.5, 0.6) is 0 Å². The van der Waals surface area contributed by atoms with Gasteiger partial charge < -0.3 is 0 Å². The van der Waals surface area contributed by atoms with Gasteiger partial charge in [0.2, 0.25) is 5.24 Å². The monoisotopic (exact) mass is 198 g/mol. The quantitative estimate of drug-likeness (QED) is 0.548. The highest BCUT2D eigenvalue weighted by atomic mass is 35.5. The first-order chi connectivity index (χ1) is 5.72. The zero-order chi connectivity index (χ0) is 8.97. The Morgan fingerprint density at radius 1 is 1.42 bits per heavy atom. The standard InChI is InChI=1S/C9H7ClOS/c10-9(11)5-7-1-3-8(6-12)4-2-7/h1-4,6H,5H2. The summed E-state index contributed by atoms with van der Waals surface area (Å²) in [7, 11) is 0. The van der Waals surface area contributed by atoms with E-state index in [1.807, 2.05) is 24.3 Å². The highest BCUT2D eigenvalue weighted by molar-refractivity contribution is 7.79. The van der Waals surface area contributed by atoms with Crippen LogP contribution in [-0.4, -0.2) is 10.6 Å². The fourth-order valence-corrected chi connectivity index (χ4v) is 1.19. The van der Waals surface area contributed by atoms with E-state index in [0.717, 1.165) is 11.1 Å². The molecule has 12 heavy (non-hydrogen) atoms. The van der Waals surface area contributed by atoms with E-state index in [4.69, 9.17) is 23.8 Å². The van der Waals surface area contributed by atoms with Crippen LogP contribution in [0.4, 0.5) is 0 Å². The summed E-state index contributed by atoms with van der Waals surface area (Å²) in [6.07, 6.45) is 0.277. The first-order valence-electron chi connectivity index (χ1n) is 3.45. The molecule has 0 aliphatic heterocycles. The molecule has 0 amide bonds. The smallest absolute Gasteiger partial charge is 0.226 e. The molecule has 3 heteroatoms. The zero-order valence-corrected chi connectivity index (χ0v) is 7.86. The first-order valence-corrected chi connectivity index (χ1v) is 4.30. The summed E-state index contributed by atoms with van der Waals surface area (Å²) in [5.74, 6) is 0. The summed E-state index contributed by atoms with van der Waals surface area (Å²) in [5, 5.41) is 1.25. The van der Waals surface area contributed by atoms with Crippen LogP contribution in [0, 0.1) is 0 Å². The highest BCUT2D eigenvalue weighted by Crippen LogP contribution is 2.04. The number of carbonyl (C=O) groups is 1. The van der Waals surface area contributed by atoms with Crippen molar-refractivity contribution in [3.8, 4) is 0 Å². The van der Waals surface area contributed by atoms with E-state index in [0.29, 0.717) is 0 Å². The highest BCUT2D eigenvalue weighted by Gasteiger charge is 1.98. The molecule has 0 saturated carbocycles. The van der Waals surface area contributed by atoms with E-state index in [1.54, 1.807) is 5.37 Å². The van der Waals surface area contributed by atoms with Crippen LogP contribution in [0.1, 0.15) is 11.1 Å². The van der Waals surface area contributed by atoms with E-state index in [1.165, 1.54) is 0 Å². The van der Waals surface area contributed by atoms with Crippen molar-refractivity contribution in [2.75, 3.05) is 0 Å². The van der Waals surface area contributed by atoms with Gasteiger partial charge in [-0.15, -0.1) is 0 Å². The Bertz CT molecular complexity index is 292. The Morgan fingerprint density at radius 3 is 2.42 bits per heavy atom. The number of thiocarbonyl (C=S) groups is 1. The second kappa shape index (κ2) is 4.33. The molecule has 0 atom stereocenters. The lowest BCUT2D eigenvalue weighted by molar-refractivity contribution is -0.111. The minimum absolute atomic E-state index is 0.277. The molecule has 0 radical (unpaired) electrons. The van der Waals surface area contributed by atoms with E-state index in [2.05, 4.69) is 0 Å². The fraction of sp³-hybridized carbons (Fsp3) is 0.111. The largest absolute Gasteiger partial charge is 0.281 e. The molecular weight excluding hydrogens is 192 g/mol. The maximum absolute atomic E-state index is 10.5. The summed E-state index contributed by atoms with van der Waals surface area (Å²) in [6, 6.07) is 7.42. The Labute approximate surface area is 81.3 Å². The van der Waals surface area contributed by atoms with Gasteiger partial charge in [0, 0.05) is 11.8 Å². The zero-order valence-electron chi connectivity index (χ0n) is 6.29. The SMILES string of the molecule is O=C(Cl)Cc1ccc(C=S)cc1. The Kier molecular flexibility index (Phi) is 3.38. The van der Waals surface area contributed by atoms with Crippen LogP contribution in [-0.2, 0) is 11.2 Å². The average molecular weight is 199 g/mol. The van der Waals surface area contributed by atoms with Crippen LogP contribution in [0.25, 0.3) is 0 Å². The van der Waals surface area contributed by atoms with Gasteiger partial charge in [-0.1, -0.05) is 36.5 Å². The van der Waals surface area contributed by atoms with Crippen molar-refractivity contribution in [2.45, 2.75) is 6.42 Å². The molecule has 0 heterocycles. The molecule has 0 unspecified atom stereocenters. The van der Waals surface area contributed by atoms with Gasteiger partial charge >= 0.3 is 0 Å². The Morgan fingerprint density at radius 2 is 2.00 bits per heavy atom. The van der Waals surface area contributed by atoms with Crippen LogP contribution in [0.15, 0.2) is 24.3 Å². The lowest BCUT2D eigenvalue weighted by atomic mass is 10.1. The van der Waals surface area contributed by atoms with Gasteiger partial charge in [0.25, 0.3) is 0 Å². The predicted octanol–water partition coefficient (Wildman–Crippen LogP) is 2.34. The molecule has 1 nitrogen and oxygen atoms in total. The summed E-state index contributed by atoms with van der Waals surface area (Å²) in [4.78, 5) is 10.5. The van der Waals surface area contributed by atoms with Crippen LogP contribution in [0.3, 0.4) is 0 Å². The van der Waals surface area contributed by atoms with Crippen molar-refractivity contribution >= 4 is 34.4 Å². The number of halogens is 1. The topological polar surface area (TPSA) is 17.1 Å². The van der Waals surface area contributed by atoms with Gasteiger partial charge in [-0.2, -0.15) is 0 Å². The Hall–Kier alpha value is -0.730. The number of benzene rings is 1. The summed E-state index contributed by atoms with van der Waals surface area (Å²) >= 11 is 9.95. The van der Waals surface area contributed by atoms with Gasteiger partial charge in [0.15, 0.2) is 0 Å². The Balaban J connectivity index is 2.77. The van der Waals surface area contributed by atoms with Crippen molar-refractivity contribution in [1.29, 1.82) is 0 Å². The molecule has 1 rings (SSSR count). The predicted molar refractivity (Wildman–Crippen MR) is 53.8 cm³/mol. The molecule has 1 aromatic carbocycles. The van der Waals surface area contributed by atoms with Gasteiger partial charge in [0.05, 0.1) is 0 Å². The first kappa shape index (κ1) is 9.36. The lowest BCUT2D eigenvalue weighted by Crippen LogP contribution is -1.93. The molecular formula is C9H7ClOS. The van der Waals surface area contributed by atoms with Gasteiger partial charge in [0.1, 0.15) is 0 Å². The minimum Gasteiger partial charge on any atom is -0.281 e. The molecule has 0 spiro atoms. The molecule has 0 N–H and O–H groups in total. The second-order valence-electron chi connectivity index (χ2n) is 2.39. The van der Waals surface area contributed by atoms with Gasteiger partial charge in [-0.05, 0) is 22.7 Å². The van der Waals surface area contributed by atoms with E-state index in [9.17, 15) is 4.79 Å². The number of hydrogen-bond donors (Lipinski definition) is 0. The molecule has 0 saturated heterocycles. The third-order valence-electron chi connectivity index (χ3n) is 1.46. The maximum Gasteiger partial charge on any atom is 0.226 e. The second-order valence-corrected chi connectivity index (χ2v) is 3.05. The normalized spacial score (nSPS) is 9.42. The molecule has 62 valence electrons. The van der Waals surface area contributed by atoms with Crippen molar-refractivity contribution in [1.82, 2.24) is 0 Å². The van der Waals surface area contributed by atoms with E-state index >= 15 is 0 Å². The van der Waals surface area contributed by atoms with Crippen molar-refractivity contribution in [3.63, 3.8) is 0 Å². The number of hydrogen-bond acceptors (Lipinski definition) is 2. The minimum atomic E-state index is -0.342. The third kappa shape index (κ3) is 2.72. The van der Waals surface area contributed by atoms with Gasteiger partial charge in [-0.25, -0.2) is 0 Å². The van der Waals surface area contributed by atoms with Crippen molar-refractivity contribution < 1.29 is 4.79 Å². The number of carbonyl (C=O) groups excluding carboxylic acids is 1. The summed E-state index contributed by atoms with van der Waals surface area (Å²) in [6.45, 7) is 0. The molecule has 0 aromatic heterocycles. The summed E-state index contributed by atoms with van der Waals surface area (Å²) < 4.78 is 0. The molecule has 1 aromatic rings. The number of rotatable bonds is 3. The molecule has 0 aliphatic carbocycles. The molecule has 0 fully saturated rings. The third-order valence-corrected chi connectivity index (χ3v) is 1.86. The lowest BCUT2D eigenvalue weighted by Gasteiger charge is -1.96. The van der Waals surface area contributed by atoms with Crippen LogP contribution in [0.2, 0.25) is 0 Å².